The van der Waals surface area contributed by atoms with Crippen molar-refractivity contribution >= 4 is 6.03 Å². The van der Waals surface area contributed by atoms with Gasteiger partial charge in [0, 0.05) is 13.1 Å². The number of ether oxygens (including phenoxy) is 2. The van der Waals surface area contributed by atoms with Crippen molar-refractivity contribution in [3.8, 4) is 5.75 Å². The van der Waals surface area contributed by atoms with Crippen LogP contribution in [0.15, 0.2) is 18.2 Å². The molecule has 0 radical (unpaired) electrons. The second kappa shape index (κ2) is 7.31. The van der Waals surface area contributed by atoms with E-state index < -0.39 is 0 Å². The summed E-state index contributed by atoms with van der Waals surface area (Å²) in [7, 11) is 1.67. The number of nitrogens with one attached hydrogen (secondary N) is 1. The maximum absolute atomic E-state index is 12.1. The molecule has 1 N–H and O–H groups in total. The Morgan fingerprint density at radius 1 is 1.52 bits per heavy atom. The van der Waals surface area contributed by atoms with E-state index >= 15 is 0 Å². The molecule has 0 aliphatic carbocycles. The topological polar surface area (TPSA) is 50.8 Å². The van der Waals surface area contributed by atoms with Gasteiger partial charge in [0.25, 0.3) is 0 Å². The lowest BCUT2D eigenvalue weighted by Crippen LogP contribution is -2.51. The summed E-state index contributed by atoms with van der Waals surface area (Å²) in [5.41, 5.74) is 2.28. The number of urea groups is 1. The van der Waals surface area contributed by atoms with E-state index in [0.29, 0.717) is 26.3 Å². The summed E-state index contributed by atoms with van der Waals surface area (Å²) in [6.45, 7) is 6.53. The maximum atomic E-state index is 12.1. The molecule has 1 fully saturated rings. The SMILES string of the molecule is COc1cc(CCNC(=O)N2CCOC[C@@H]2C)ccc1C. The normalized spacial score (nSPS) is 18.4. The molecule has 1 saturated heterocycles. The van der Waals surface area contributed by atoms with E-state index in [1.807, 2.05) is 30.9 Å². The van der Waals surface area contributed by atoms with Crippen molar-refractivity contribution in [3.05, 3.63) is 29.3 Å². The molecule has 0 unspecified atom stereocenters. The van der Waals surface area contributed by atoms with E-state index in [0.717, 1.165) is 23.3 Å². The zero-order chi connectivity index (χ0) is 15.2. The molecule has 5 nitrogen and oxygen atoms in total. The van der Waals surface area contributed by atoms with Crippen LogP contribution in [0.25, 0.3) is 0 Å². The molecular formula is C16H24N2O3. The molecule has 2 rings (SSSR count). The minimum atomic E-state index is -0.00937. The van der Waals surface area contributed by atoms with Gasteiger partial charge >= 0.3 is 6.03 Å². The molecule has 5 heteroatoms. The molecule has 0 bridgehead atoms. The van der Waals surface area contributed by atoms with Gasteiger partial charge in [0.05, 0.1) is 26.4 Å². The van der Waals surface area contributed by atoms with Crippen molar-refractivity contribution in [2.75, 3.05) is 33.4 Å². The lowest BCUT2D eigenvalue weighted by Gasteiger charge is -2.33. The molecule has 1 aromatic rings. The monoisotopic (exact) mass is 292 g/mol. The summed E-state index contributed by atoms with van der Waals surface area (Å²) in [5.74, 6) is 0.889. The van der Waals surface area contributed by atoms with Crippen LogP contribution in [0.3, 0.4) is 0 Å². The molecule has 2 amide bonds. The van der Waals surface area contributed by atoms with Gasteiger partial charge in [0.15, 0.2) is 0 Å². The van der Waals surface area contributed by atoms with E-state index in [2.05, 4.69) is 11.4 Å². The molecule has 21 heavy (non-hydrogen) atoms. The number of nitrogens with zero attached hydrogens (tertiary/aromatic N) is 1. The fraction of sp³-hybridized carbons (Fsp3) is 0.562. The highest BCUT2D eigenvalue weighted by Gasteiger charge is 2.23. The first-order valence-corrected chi connectivity index (χ1v) is 7.37. The van der Waals surface area contributed by atoms with Crippen LogP contribution in [0.1, 0.15) is 18.1 Å². The Morgan fingerprint density at radius 2 is 2.33 bits per heavy atom. The third-order valence-electron chi connectivity index (χ3n) is 3.79. The molecule has 1 aliphatic rings. The van der Waals surface area contributed by atoms with Crippen LogP contribution in [0, 0.1) is 6.92 Å². The summed E-state index contributed by atoms with van der Waals surface area (Å²) in [5, 5.41) is 2.97. The Kier molecular flexibility index (Phi) is 5.44. The van der Waals surface area contributed by atoms with E-state index in [-0.39, 0.29) is 12.1 Å². The maximum Gasteiger partial charge on any atom is 0.317 e. The zero-order valence-electron chi connectivity index (χ0n) is 13.0. The van der Waals surface area contributed by atoms with Crippen molar-refractivity contribution in [2.45, 2.75) is 26.3 Å². The third-order valence-corrected chi connectivity index (χ3v) is 3.79. The average molecular weight is 292 g/mol. The van der Waals surface area contributed by atoms with Gasteiger partial charge in [-0.05, 0) is 37.5 Å². The number of hydrogen-bond acceptors (Lipinski definition) is 3. The molecule has 116 valence electrons. The van der Waals surface area contributed by atoms with Gasteiger partial charge < -0.3 is 19.7 Å². The molecule has 1 aromatic carbocycles. The van der Waals surface area contributed by atoms with Crippen LogP contribution in [0.4, 0.5) is 4.79 Å². The average Bonchev–Trinajstić information content (AvgIpc) is 2.49. The smallest absolute Gasteiger partial charge is 0.317 e. The number of amides is 2. The van der Waals surface area contributed by atoms with Gasteiger partial charge in [0.2, 0.25) is 0 Å². The fourth-order valence-corrected chi connectivity index (χ4v) is 2.46. The summed E-state index contributed by atoms with van der Waals surface area (Å²) < 4.78 is 10.6. The Labute approximate surface area is 126 Å². The van der Waals surface area contributed by atoms with Crippen LogP contribution in [0.2, 0.25) is 0 Å². The number of aryl methyl sites for hydroxylation is 1. The minimum Gasteiger partial charge on any atom is -0.496 e. The first kappa shape index (κ1) is 15.6. The second-order valence-corrected chi connectivity index (χ2v) is 5.40. The lowest BCUT2D eigenvalue weighted by molar-refractivity contribution is 0.0191. The Bertz CT molecular complexity index is 490. The quantitative estimate of drug-likeness (QED) is 0.923. The lowest BCUT2D eigenvalue weighted by atomic mass is 10.1. The highest BCUT2D eigenvalue weighted by atomic mass is 16.5. The van der Waals surface area contributed by atoms with E-state index in [1.165, 1.54) is 0 Å². The van der Waals surface area contributed by atoms with Crippen LogP contribution >= 0.6 is 0 Å². The van der Waals surface area contributed by atoms with Gasteiger partial charge in [-0.25, -0.2) is 4.79 Å². The first-order valence-electron chi connectivity index (χ1n) is 7.37. The van der Waals surface area contributed by atoms with Gasteiger partial charge in [-0.3, -0.25) is 0 Å². The molecule has 0 saturated carbocycles. The molecule has 0 spiro atoms. The van der Waals surface area contributed by atoms with Crippen LogP contribution < -0.4 is 10.1 Å². The highest BCUT2D eigenvalue weighted by Crippen LogP contribution is 2.19. The predicted molar refractivity (Wildman–Crippen MR) is 81.8 cm³/mol. The highest BCUT2D eigenvalue weighted by molar-refractivity contribution is 5.74. The summed E-state index contributed by atoms with van der Waals surface area (Å²) >= 11 is 0. The van der Waals surface area contributed by atoms with Crippen molar-refractivity contribution in [3.63, 3.8) is 0 Å². The second-order valence-electron chi connectivity index (χ2n) is 5.40. The summed E-state index contributed by atoms with van der Waals surface area (Å²) in [4.78, 5) is 13.9. The van der Waals surface area contributed by atoms with Crippen LogP contribution in [0.5, 0.6) is 5.75 Å². The number of hydrogen-bond donors (Lipinski definition) is 1. The van der Waals surface area contributed by atoms with Crippen molar-refractivity contribution in [2.24, 2.45) is 0 Å². The Hall–Kier alpha value is -1.75. The number of rotatable bonds is 4. The zero-order valence-corrected chi connectivity index (χ0v) is 13.0. The van der Waals surface area contributed by atoms with Crippen molar-refractivity contribution in [1.29, 1.82) is 0 Å². The Balaban J connectivity index is 1.82. The minimum absolute atomic E-state index is 0.00937. The number of carbonyl (C=O) groups is 1. The van der Waals surface area contributed by atoms with Crippen molar-refractivity contribution in [1.82, 2.24) is 10.2 Å². The van der Waals surface area contributed by atoms with E-state index in [9.17, 15) is 4.79 Å². The van der Waals surface area contributed by atoms with E-state index in [1.54, 1.807) is 7.11 Å². The van der Waals surface area contributed by atoms with Crippen LogP contribution in [-0.2, 0) is 11.2 Å². The van der Waals surface area contributed by atoms with Crippen LogP contribution in [-0.4, -0.2) is 50.4 Å². The number of methoxy groups -OCH3 is 1. The molecule has 0 aromatic heterocycles. The van der Waals surface area contributed by atoms with Crippen molar-refractivity contribution < 1.29 is 14.3 Å². The molecular weight excluding hydrogens is 268 g/mol. The van der Waals surface area contributed by atoms with Gasteiger partial charge in [-0.2, -0.15) is 0 Å². The molecule has 1 heterocycles. The number of carbonyl (C=O) groups excluding carboxylic acids is 1. The largest absolute Gasteiger partial charge is 0.496 e. The van der Waals surface area contributed by atoms with Gasteiger partial charge in [0.1, 0.15) is 5.75 Å². The summed E-state index contributed by atoms with van der Waals surface area (Å²) in [6.07, 6.45) is 0.793. The summed E-state index contributed by atoms with van der Waals surface area (Å²) in [6, 6.07) is 6.27. The fourth-order valence-electron chi connectivity index (χ4n) is 2.46. The molecule has 1 aliphatic heterocycles. The van der Waals surface area contributed by atoms with Gasteiger partial charge in [-0.15, -0.1) is 0 Å². The number of benzene rings is 1. The predicted octanol–water partition coefficient (Wildman–Crippen LogP) is 1.98. The molecule has 1 atom stereocenters. The van der Waals surface area contributed by atoms with Gasteiger partial charge in [-0.1, -0.05) is 12.1 Å². The Morgan fingerprint density at radius 3 is 3.05 bits per heavy atom. The number of morpholine rings is 1. The van der Waals surface area contributed by atoms with E-state index in [4.69, 9.17) is 9.47 Å². The third kappa shape index (κ3) is 4.11. The standard InChI is InChI=1S/C16H24N2O3/c1-12-4-5-14(10-15(12)20-3)6-7-17-16(19)18-8-9-21-11-13(18)2/h4-5,10,13H,6-9,11H2,1-3H3,(H,17,19)/t13-/m0/s1. The first-order chi connectivity index (χ1) is 10.1.